The van der Waals surface area contributed by atoms with Gasteiger partial charge < -0.3 is 0 Å². The number of hydrazine groups is 1. The highest BCUT2D eigenvalue weighted by molar-refractivity contribution is 7.70. The predicted molar refractivity (Wildman–Crippen MR) is 53.1 cm³/mol. The Bertz CT molecular complexity index is 381. The van der Waals surface area contributed by atoms with E-state index >= 15 is 0 Å². The van der Waals surface area contributed by atoms with Gasteiger partial charge >= 0.3 is 0 Å². The van der Waals surface area contributed by atoms with Crippen LogP contribution in [0.3, 0.4) is 0 Å². The summed E-state index contributed by atoms with van der Waals surface area (Å²) in [5, 5.41) is 0.964. The first kappa shape index (κ1) is 10.7. The van der Waals surface area contributed by atoms with Crippen molar-refractivity contribution < 1.29 is 13.2 Å². The number of carbonyl (C=O) groups is 1. The normalized spacial score (nSPS) is 10.1. The molecule has 0 saturated carbocycles. The van der Waals surface area contributed by atoms with E-state index < -0.39 is 16.8 Å². The Labute approximate surface area is 83.4 Å². The first-order chi connectivity index (χ1) is 6.61. The SMILES string of the molecule is CC(=O)N(N[SH](=O)=O)c1ccccc1. The molecule has 0 atom stereocenters. The van der Waals surface area contributed by atoms with Gasteiger partial charge in [-0.05, 0) is 12.1 Å². The summed E-state index contributed by atoms with van der Waals surface area (Å²) < 4.78 is 20.8. The topological polar surface area (TPSA) is 66.5 Å². The molecule has 1 rings (SSSR count). The van der Waals surface area contributed by atoms with Gasteiger partial charge in [0.25, 0.3) is 0 Å². The summed E-state index contributed by atoms with van der Waals surface area (Å²) in [6.07, 6.45) is 0. The van der Waals surface area contributed by atoms with Crippen molar-refractivity contribution in [3.63, 3.8) is 0 Å². The fourth-order valence-corrected chi connectivity index (χ4v) is 1.39. The summed E-state index contributed by atoms with van der Waals surface area (Å²) >= 11 is 0. The van der Waals surface area contributed by atoms with Gasteiger partial charge in [-0.1, -0.05) is 18.2 Å². The first-order valence-corrected chi connectivity index (χ1v) is 5.05. The number of carbonyl (C=O) groups excluding carboxylic acids is 1. The number of benzene rings is 1. The fourth-order valence-electron chi connectivity index (χ4n) is 0.969. The van der Waals surface area contributed by atoms with Crippen LogP contribution in [0.1, 0.15) is 6.92 Å². The lowest BCUT2D eigenvalue weighted by molar-refractivity contribution is -0.116. The highest BCUT2D eigenvalue weighted by atomic mass is 32.2. The van der Waals surface area contributed by atoms with Gasteiger partial charge in [-0.15, -0.1) is 4.83 Å². The van der Waals surface area contributed by atoms with Gasteiger partial charge in [0.2, 0.25) is 16.8 Å². The molecule has 0 bridgehead atoms. The number of hydrogen-bond donors (Lipinski definition) is 2. The molecule has 0 aliphatic heterocycles. The van der Waals surface area contributed by atoms with Gasteiger partial charge in [-0.25, -0.2) is 13.4 Å². The summed E-state index contributed by atoms with van der Waals surface area (Å²) in [6, 6.07) is 8.47. The molecule has 1 aromatic rings. The van der Waals surface area contributed by atoms with E-state index in [2.05, 4.69) is 0 Å². The van der Waals surface area contributed by atoms with Crippen LogP contribution in [-0.2, 0) is 15.7 Å². The molecule has 0 aliphatic carbocycles. The van der Waals surface area contributed by atoms with Crippen LogP contribution >= 0.6 is 0 Å². The maximum Gasteiger partial charge on any atom is 0.239 e. The summed E-state index contributed by atoms with van der Waals surface area (Å²) in [6.45, 7) is 1.28. The van der Waals surface area contributed by atoms with Crippen molar-refractivity contribution >= 4 is 22.5 Å². The molecule has 1 N–H and O–H groups in total. The van der Waals surface area contributed by atoms with Crippen molar-refractivity contribution in [3.8, 4) is 0 Å². The van der Waals surface area contributed by atoms with Crippen LogP contribution in [-0.4, -0.2) is 14.3 Å². The molecule has 1 aromatic carbocycles. The Hall–Kier alpha value is -1.40. The van der Waals surface area contributed by atoms with Crippen molar-refractivity contribution in [2.75, 3.05) is 5.01 Å². The van der Waals surface area contributed by atoms with Crippen LogP contribution in [0.5, 0.6) is 0 Å². The minimum Gasteiger partial charge on any atom is -0.273 e. The summed E-state index contributed by atoms with van der Waals surface area (Å²) in [7, 11) is -2.84. The Balaban J connectivity index is 2.94. The van der Waals surface area contributed by atoms with Gasteiger partial charge in [0.1, 0.15) is 0 Å². The minimum absolute atomic E-state index is 0.393. The monoisotopic (exact) mass is 214 g/mol. The second kappa shape index (κ2) is 4.73. The van der Waals surface area contributed by atoms with Crippen LogP contribution in [0.4, 0.5) is 5.69 Å². The molecule has 1 amide bonds. The number of anilines is 1. The van der Waals surface area contributed by atoms with E-state index in [9.17, 15) is 13.2 Å². The zero-order chi connectivity index (χ0) is 10.6. The van der Waals surface area contributed by atoms with Gasteiger partial charge in [-0.2, -0.15) is 0 Å². The van der Waals surface area contributed by atoms with Crippen molar-refractivity contribution in [2.45, 2.75) is 6.92 Å². The Morgan fingerprint density at radius 1 is 1.29 bits per heavy atom. The Morgan fingerprint density at radius 2 is 1.86 bits per heavy atom. The largest absolute Gasteiger partial charge is 0.273 e. The predicted octanol–water partition coefficient (Wildman–Crippen LogP) is 0.0705. The second-order valence-electron chi connectivity index (χ2n) is 2.55. The van der Waals surface area contributed by atoms with Gasteiger partial charge in [-0.3, -0.25) is 4.79 Å². The van der Waals surface area contributed by atoms with E-state index in [4.69, 9.17) is 0 Å². The maximum atomic E-state index is 11.1. The quantitative estimate of drug-likeness (QED) is 0.552. The van der Waals surface area contributed by atoms with Crippen molar-refractivity contribution in [3.05, 3.63) is 30.3 Å². The average molecular weight is 214 g/mol. The van der Waals surface area contributed by atoms with Crippen LogP contribution in [0.15, 0.2) is 30.3 Å². The smallest absolute Gasteiger partial charge is 0.239 e. The summed E-state index contributed by atoms with van der Waals surface area (Å²) in [5.41, 5.74) is 0.485. The minimum atomic E-state index is -2.84. The fraction of sp³-hybridized carbons (Fsp3) is 0.125. The number of nitrogens with zero attached hydrogens (tertiary/aromatic N) is 1. The highest BCUT2D eigenvalue weighted by Gasteiger charge is 2.10. The molecule has 76 valence electrons. The maximum absolute atomic E-state index is 11.1. The lowest BCUT2D eigenvalue weighted by Gasteiger charge is -2.17. The highest BCUT2D eigenvalue weighted by Crippen LogP contribution is 2.10. The molecule has 0 unspecified atom stereocenters. The van der Waals surface area contributed by atoms with Gasteiger partial charge in [0, 0.05) is 6.92 Å². The standard InChI is InChI=1S/C8H10N2O3S/c1-7(11)10(9-14(12)13)8-5-3-2-4-6-8/h2-6,14H,1H3,(H,9,12,13). The van der Waals surface area contributed by atoms with Crippen molar-refractivity contribution in [1.82, 2.24) is 4.83 Å². The van der Waals surface area contributed by atoms with Crippen LogP contribution in [0, 0.1) is 0 Å². The van der Waals surface area contributed by atoms with Gasteiger partial charge in [0.15, 0.2) is 0 Å². The molecule has 14 heavy (non-hydrogen) atoms. The van der Waals surface area contributed by atoms with Crippen LogP contribution in [0.2, 0.25) is 0 Å². The van der Waals surface area contributed by atoms with Crippen LogP contribution in [0.25, 0.3) is 0 Å². The van der Waals surface area contributed by atoms with E-state index in [1.165, 1.54) is 6.92 Å². The average Bonchev–Trinajstić information content (AvgIpc) is 2.15. The number of thiol groups is 1. The van der Waals surface area contributed by atoms with E-state index in [-0.39, 0.29) is 0 Å². The molecule has 0 heterocycles. The second-order valence-corrected chi connectivity index (χ2v) is 3.26. The Kier molecular flexibility index (Phi) is 3.61. The molecule has 0 fully saturated rings. The zero-order valence-electron chi connectivity index (χ0n) is 7.51. The number of rotatable bonds is 3. The molecule has 0 spiro atoms. The lowest BCUT2D eigenvalue weighted by atomic mass is 10.3. The third-order valence-corrected chi connectivity index (χ3v) is 1.87. The molecule has 0 aliphatic rings. The molecule has 5 nitrogen and oxygen atoms in total. The van der Waals surface area contributed by atoms with Crippen molar-refractivity contribution in [2.24, 2.45) is 0 Å². The zero-order valence-corrected chi connectivity index (χ0v) is 8.40. The van der Waals surface area contributed by atoms with Crippen LogP contribution < -0.4 is 9.84 Å². The van der Waals surface area contributed by atoms with E-state index in [1.807, 2.05) is 4.83 Å². The molecule has 0 radical (unpaired) electrons. The molecular weight excluding hydrogens is 204 g/mol. The molecule has 0 saturated heterocycles. The summed E-state index contributed by atoms with van der Waals surface area (Å²) in [5.74, 6) is -0.393. The van der Waals surface area contributed by atoms with E-state index in [0.717, 1.165) is 5.01 Å². The number of amides is 1. The lowest BCUT2D eigenvalue weighted by Crippen LogP contribution is -2.40. The number of hydrogen-bond acceptors (Lipinski definition) is 3. The molecule has 0 aromatic heterocycles. The first-order valence-electron chi connectivity index (χ1n) is 3.87. The third-order valence-electron chi connectivity index (χ3n) is 1.51. The van der Waals surface area contributed by atoms with Crippen molar-refractivity contribution in [1.29, 1.82) is 0 Å². The molecular formula is C8H10N2O3S. The van der Waals surface area contributed by atoms with E-state index in [1.54, 1.807) is 30.3 Å². The number of para-hydroxylation sites is 1. The van der Waals surface area contributed by atoms with E-state index in [0.29, 0.717) is 5.69 Å². The third kappa shape index (κ3) is 2.82. The summed E-state index contributed by atoms with van der Waals surface area (Å²) in [4.78, 5) is 13.1. The Morgan fingerprint density at radius 3 is 2.29 bits per heavy atom. The molecule has 6 heteroatoms. The van der Waals surface area contributed by atoms with Gasteiger partial charge in [0.05, 0.1) is 5.69 Å². The number of nitrogens with one attached hydrogen (secondary N) is 1.